The van der Waals surface area contributed by atoms with Crippen LogP contribution in [0.2, 0.25) is 10.3 Å². The zero-order chi connectivity index (χ0) is 23.3. The number of ether oxygens (including phenoxy) is 1. The standard InChI is InChI=1S/C8H8ClF3N2O2.C6H4ClF3N2O2/c1-2-16-7(15)4-14-6(9)3-5(13-14)8(10,11)12;7-4-1-3(6(8,9)10)11-12(4)2-5(13)14/h3H,2,4H2,1H3;1H,2H2,(H,13,14). The van der Waals surface area contributed by atoms with Crippen LogP contribution in [0.3, 0.4) is 0 Å². The molecule has 0 aliphatic carbocycles. The highest BCUT2D eigenvalue weighted by molar-refractivity contribution is 6.30. The van der Waals surface area contributed by atoms with Crippen LogP contribution in [-0.4, -0.2) is 43.2 Å². The van der Waals surface area contributed by atoms with Gasteiger partial charge in [0.15, 0.2) is 11.4 Å². The molecule has 2 aromatic heterocycles. The van der Waals surface area contributed by atoms with Crippen LogP contribution in [0.15, 0.2) is 12.1 Å². The number of halogens is 8. The number of nitrogens with zero attached hydrogens (tertiary/aromatic N) is 4. The number of aromatic nitrogens is 4. The molecule has 2 heterocycles. The third-order valence-corrected chi connectivity index (χ3v) is 3.52. The minimum atomic E-state index is -4.62. The van der Waals surface area contributed by atoms with Gasteiger partial charge in [-0.3, -0.25) is 9.59 Å². The number of alkyl halides is 6. The average Bonchev–Trinajstić information content (AvgIpc) is 3.11. The number of aliphatic carboxylic acids is 1. The van der Waals surface area contributed by atoms with Crippen LogP contribution < -0.4 is 0 Å². The summed E-state index contributed by atoms with van der Waals surface area (Å²) in [7, 11) is 0. The van der Waals surface area contributed by atoms with Gasteiger partial charge in [-0.05, 0) is 6.92 Å². The normalized spacial score (nSPS) is 11.6. The molecule has 0 aromatic carbocycles. The third kappa shape index (κ3) is 7.74. The quantitative estimate of drug-likeness (QED) is 0.512. The van der Waals surface area contributed by atoms with Crippen molar-refractivity contribution in [1.82, 2.24) is 19.6 Å². The van der Waals surface area contributed by atoms with Crippen molar-refractivity contribution < 1.29 is 45.8 Å². The SMILES string of the molecule is CCOC(=O)Cn1nc(C(F)(F)F)cc1Cl.O=C(O)Cn1nc(C(F)(F)F)cc1Cl. The maximum absolute atomic E-state index is 12.2. The van der Waals surface area contributed by atoms with Crippen molar-refractivity contribution in [2.45, 2.75) is 32.4 Å². The van der Waals surface area contributed by atoms with Gasteiger partial charge in [-0.15, -0.1) is 0 Å². The first-order valence-corrected chi connectivity index (χ1v) is 8.39. The number of hydrogen-bond donors (Lipinski definition) is 1. The molecular formula is C14H12Cl2F6N4O4. The molecule has 2 aromatic rings. The molecule has 0 saturated carbocycles. The fourth-order valence-electron chi connectivity index (χ4n) is 1.74. The Hall–Kier alpha value is -2.48. The van der Waals surface area contributed by atoms with Gasteiger partial charge in [0.05, 0.1) is 6.61 Å². The summed E-state index contributed by atoms with van der Waals surface area (Å²) in [6.07, 6.45) is -9.20. The fraction of sp³-hybridized carbons (Fsp3) is 0.429. The lowest BCUT2D eigenvalue weighted by molar-refractivity contribution is -0.146. The van der Waals surface area contributed by atoms with Crippen molar-refractivity contribution in [2.24, 2.45) is 0 Å². The number of carboxylic acids is 1. The van der Waals surface area contributed by atoms with Gasteiger partial charge in [0, 0.05) is 12.1 Å². The number of carbonyl (C=O) groups is 2. The summed E-state index contributed by atoms with van der Waals surface area (Å²) >= 11 is 10.8. The second kappa shape index (κ2) is 10.0. The summed E-state index contributed by atoms with van der Waals surface area (Å²) < 4.78 is 78.6. The van der Waals surface area contributed by atoms with Crippen LogP contribution in [0.4, 0.5) is 26.3 Å². The van der Waals surface area contributed by atoms with E-state index in [4.69, 9.17) is 28.3 Å². The molecule has 0 aliphatic heterocycles. The Morgan fingerprint density at radius 2 is 1.37 bits per heavy atom. The molecule has 30 heavy (non-hydrogen) atoms. The van der Waals surface area contributed by atoms with Gasteiger partial charge >= 0.3 is 24.3 Å². The molecule has 0 atom stereocenters. The summed E-state index contributed by atoms with van der Waals surface area (Å²) in [5.41, 5.74) is -2.34. The van der Waals surface area contributed by atoms with Crippen LogP contribution in [0.5, 0.6) is 0 Å². The van der Waals surface area contributed by atoms with Crippen molar-refractivity contribution in [3.8, 4) is 0 Å². The van der Waals surface area contributed by atoms with Gasteiger partial charge in [-0.2, -0.15) is 36.5 Å². The first-order valence-electron chi connectivity index (χ1n) is 7.63. The highest BCUT2D eigenvalue weighted by Crippen LogP contribution is 2.30. The minimum Gasteiger partial charge on any atom is -0.480 e. The molecule has 0 amide bonds. The Kier molecular flexibility index (Phi) is 8.53. The van der Waals surface area contributed by atoms with E-state index in [0.29, 0.717) is 16.8 Å². The van der Waals surface area contributed by atoms with E-state index >= 15 is 0 Å². The monoisotopic (exact) mass is 484 g/mol. The first-order chi connectivity index (χ1) is 13.6. The summed E-state index contributed by atoms with van der Waals surface area (Å²) in [5, 5.41) is 13.8. The van der Waals surface area contributed by atoms with Gasteiger partial charge in [0.25, 0.3) is 0 Å². The van der Waals surface area contributed by atoms with E-state index < -0.39 is 48.8 Å². The second-order valence-corrected chi connectivity index (χ2v) is 5.99. The van der Waals surface area contributed by atoms with Gasteiger partial charge in [0.2, 0.25) is 0 Å². The van der Waals surface area contributed by atoms with Crippen LogP contribution >= 0.6 is 23.2 Å². The van der Waals surface area contributed by atoms with Crippen molar-refractivity contribution in [3.05, 3.63) is 33.8 Å². The van der Waals surface area contributed by atoms with Gasteiger partial charge in [-0.25, -0.2) is 9.36 Å². The van der Waals surface area contributed by atoms with Gasteiger partial charge in [0.1, 0.15) is 23.4 Å². The molecule has 0 radical (unpaired) electrons. The van der Waals surface area contributed by atoms with E-state index in [1.54, 1.807) is 6.92 Å². The average molecular weight is 485 g/mol. The third-order valence-electron chi connectivity index (χ3n) is 2.91. The topological polar surface area (TPSA) is 99.2 Å². The molecule has 0 spiro atoms. The first kappa shape index (κ1) is 25.6. The summed E-state index contributed by atoms with van der Waals surface area (Å²) in [6, 6.07) is 1.23. The Balaban J connectivity index is 0.000000303. The van der Waals surface area contributed by atoms with Crippen molar-refractivity contribution in [3.63, 3.8) is 0 Å². The fourth-order valence-corrected chi connectivity index (χ4v) is 2.15. The second-order valence-electron chi connectivity index (χ2n) is 5.21. The predicted molar refractivity (Wildman–Crippen MR) is 88.7 cm³/mol. The van der Waals surface area contributed by atoms with Crippen molar-refractivity contribution in [2.75, 3.05) is 6.61 Å². The maximum atomic E-state index is 12.2. The summed E-state index contributed by atoms with van der Waals surface area (Å²) in [5.74, 6) is -2.01. The number of esters is 1. The molecule has 0 unspecified atom stereocenters. The molecule has 0 saturated heterocycles. The summed E-state index contributed by atoms with van der Waals surface area (Å²) in [6.45, 7) is 0.589. The van der Waals surface area contributed by atoms with Gasteiger partial charge in [-0.1, -0.05) is 23.2 Å². The van der Waals surface area contributed by atoms with Crippen LogP contribution in [0.25, 0.3) is 0 Å². The van der Waals surface area contributed by atoms with E-state index in [0.717, 1.165) is 4.68 Å². The van der Waals surface area contributed by atoms with Crippen LogP contribution in [-0.2, 0) is 39.8 Å². The predicted octanol–water partition coefficient (Wildman–Crippen LogP) is 3.76. The molecule has 8 nitrogen and oxygen atoms in total. The molecule has 168 valence electrons. The van der Waals surface area contributed by atoms with Crippen LogP contribution in [0.1, 0.15) is 18.3 Å². The molecule has 1 N–H and O–H groups in total. The lowest BCUT2D eigenvalue weighted by Crippen LogP contribution is -2.15. The van der Waals surface area contributed by atoms with E-state index in [2.05, 4.69) is 14.9 Å². The van der Waals surface area contributed by atoms with E-state index in [9.17, 15) is 35.9 Å². The highest BCUT2D eigenvalue weighted by Gasteiger charge is 2.35. The minimum absolute atomic E-state index is 0.143. The van der Waals surface area contributed by atoms with E-state index in [1.807, 2.05) is 0 Å². The number of carbonyl (C=O) groups excluding carboxylic acids is 1. The Bertz CT molecular complexity index is 894. The smallest absolute Gasteiger partial charge is 0.435 e. The number of carboxylic acid groups (broad SMARTS) is 1. The Morgan fingerprint density at radius 1 is 0.967 bits per heavy atom. The largest absolute Gasteiger partial charge is 0.480 e. The zero-order valence-electron chi connectivity index (χ0n) is 14.8. The maximum Gasteiger partial charge on any atom is 0.435 e. The molecule has 0 bridgehead atoms. The Labute approximate surface area is 173 Å². The molecular weight excluding hydrogens is 473 g/mol. The molecule has 0 aliphatic rings. The molecule has 0 fully saturated rings. The number of rotatable bonds is 5. The molecule has 2 rings (SSSR count). The Morgan fingerprint density at radius 3 is 1.67 bits per heavy atom. The van der Waals surface area contributed by atoms with Crippen molar-refractivity contribution in [1.29, 1.82) is 0 Å². The van der Waals surface area contributed by atoms with E-state index in [1.165, 1.54) is 0 Å². The number of hydrogen-bond acceptors (Lipinski definition) is 5. The zero-order valence-corrected chi connectivity index (χ0v) is 16.3. The van der Waals surface area contributed by atoms with Gasteiger partial charge < -0.3 is 9.84 Å². The van der Waals surface area contributed by atoms with Crippen LogP contribution in [0, 0.1) is 0 Å². The lowest BCUT2D eigenvalue weighted by atomic mass is 10.4. The summed E-state index contributed by atoms with van der Waals surface area (Å²) in [4.78, 5) is 21.2. The lowest BCUT2D eigenvalue weighted by Gasteiger charge is -2.03. The molecule has 16 heteroatoms. The van der Waals surface area contributed by atoms with Crippen molar-refractivity contribution >= 4 is 35.1 Å². The van der Waals surface area contributed by atoms with E-state index in [-0.39, 0.29) is 16.9 Å². The highest BCUT2D eigenvalue weighted by atomic mass is 35.5.